The topological polar surface area (TPSA) is 74.7 Å². The second-order valence-electron chi connectivity index (χ2n) is 5.86. The summed E-state index contributed by atoms with van der Waals surface area (Å²) in [7, 11) is 0. The highest BCUT2D eigenvalue weighted by Gasteiger charge is 2.15. The van der Waals surface area contributed by atoms with Crippen LogP contribution in [0.1, 0.15) is 28.2 Å². The summed E-state index contributed by atoms with van der Waals surface area (Å²) in [6, 6.07) is 11.1. The van der Waals surface area contributed by atoms with Gasteiger partial charge in [-0.15, -0.1) is 0 Å². The first-order valence-corrected chi connectivity index (χ1v) is 7.68. The highest BCUT2D eigenvalue weighted by atomic mass is 16.3. The molecule has 0 aliphatic carbocycles. The van der Waals surface area contributed by atoms with E-state index in [-0.39, 0.29) is 11.3 Å². The molecular formula is C19H18N4O. The standard InChI is InChI=1S/C19H18N4O/c1-12-4-5-15(10-21-12)11-23-14(3)19(13(2)22-23)16-6-7-17(9-20)18(24)8-16/h4-8,10,24H,11H2,1-3H3. The first-order chi connectivity index (χ1) is 11.5. The summed E-state index contributed by atoms with van der Waals surface area (Å²) in [5.74, 6) is -0.00992. The molecule has 0 amide bonds. The van der Waals surface area contributed by atoms with Gasteiger partial charge in [0.25, 0.3) is 0 Å². The van der Waals surface area contributed by atoms with E-state index in [1.807, 2.05) is 55.9 Å². The Morgan fingerprint density at radius 1 is 1.17 bits per heavy atom. The molecule has 0 radical (unpaired) electrons. The third-order valence-corrected chi connectivity index (χ3v) is 4.09. The fraction of sp³-hybridized carbons (Fsp3) is 0.211. The van der Waals surface area contributed by atoms with Gasteiger partial charge in [-0.2, -0.15) is 10.4 Å². The van der Waals surface area contributed by atoms with Crippen molar-refractivity contribution in [1.29, 1.82) is 5.26 Å². The average Bonchev–Trinajstić information content (AvgIpc) is 2.83. The minimum Gasteiger partial charge on any atom is -0.507 e. The predicted molar refractivity (Wildman–Crippen MR) is 91.6 cm³/mol. The Labute approximate surface area is 140 Å². The number of nitrogens with zero attached hydrogens (tertiary/aromatic N) is 4. The van der Waals surface area contributed by atoms with Crippen molar-refractivity contribution in [3.8, 4) is 22.9 Å². The quantitative estimate of drug-likeness (QED) is 0.802. The predicted octanol–water partition coefficient (Wildman–Crippen LogP) is 3.50. The summed E-state index contributed by atoms with van der Waals surface area (Å²) in [5, 5.41) is 23.5. The average molecular weight is 318 g/mol. The summed E-state index contributed by atoms with van der Waals surface area (Å²) in [6.07, 6.45) is 1.86. The van der Waals surface area contributed by atoms with E-state index in [1.165, 1.54) is 0 Å². The lowest BCUT2D eigenvalue weighted by atomic mass is 10.0. The van der Waals surface area contributed by atoms with Crippen molar-refractivity contribution in [3.05, 3.63) is 64.7 Å². The van der Waals surface area contributed by atoms with Crippen LogP contribution in [-0.2, 0) is 6.54 Å². The number of hydrogen-bond acceptors (Lipinski definition) is 4. The maximum Gasteiger partial charge on any atom is 0.133 e. The minimum atomic E-state index is -0.00992. The van der Waals surface area contributed by atoms with Gasteiger partial charge in [-0.1, -0.05) is 12.1 Å². The Balaban J connectivity index is 1.99. The van der Waals surface area contributed by atoms with Gasteiger partial charge in [0.15, 0.2) is 0 Å². The molecule has 5 nitrogen and oxygen atoms in total. The molecule has 0 saturated carbocycles. The Morgan fingerprint density at radius 2 is 1.96 bits per heavy atom. The molecule has 0 saturated heterocycles. The van der Waals surface area contributed by atoms with Crippen LogP contribution in [0.15, 0.2) is 36.5 Å². The van der Waals surface area contributed by atoms with Gasteiger partial charge in [-0.05, 0) is 50.1 Å². The molecule has 5 heteroatoms. The molecule has 24 heavy (non-hydrogen) atoms. The molecule has 0 atom stereocenters. The largest absolute Gasteiger partial charge is 0.507 e. The molecular weight excluding hydrogens is 300 g/mol. The van der Waals surface area contributed by atoms with Crippen molar-refractivity contribution in [3.63, 3.8) is 0 Å². The van der Waals surface area contributed by atoms with Gasteiger partial charge in [0.2, 0.25) is 0 Å². The summed E-state index contributed by atoms with van der Waals surface area (Å²) < 4.78 is 1.94. The van der Waals surface area contributed by atoms with Crippen LogP contribution in [0.2, 0.25) is 0 Å². The molecule has 0 unspecified atom stereocenters. The summed E-state index contributed by atoms with van der Waals surface area (Å²) in [4.78, 5) is 4.32. The van der Waals surface area contributed by atoms with Crippen LogP contribution in [0.25, 0.3) is 11.1 Å². The van der Waals surface area contributed by atoms with Crippen LogP contribution in [0.3, 0.4) is 0 Å². The van der Waals surface area contributed by atoms with Gasteiger partial charge >= 0.3 is 0 Å². The number of phenols is 1. The third kappa shape index (κ3) is 2.86. The Bertz CT molecular complexity index is 933. The molecule has 0 spiro atoms. The molecule has 0 bridgehead atoms. The molecule has 0 aliphatic rings. The zero-order chi connectivity index (χ0) is 17.3. The van der Waals surface area contributed by atoms with Crippen LogP contribution in [0.5, 0.6) is 5.75 Å². The lowest BCUT2D eigenvalue weighted by Crippen LogP contribution is -2.04. The lowest BCUT2D eigenvalue weighted by Gasteiger charge is -2.07. The van der Waals surface area contributed by atoms with E-state index < -0.39 is 0 Å². The normalized spacial score (nSPS) is 10.6. The van der Waals surface area contributed by atoms with Gasteiger partial charge in [0.05, 0.1) is 17.8 Å². The first-order valence-electron chi connectivity index (χ1n) is 7.68. The molecule has 3 aromatic rings. The van der Waals surface area contributed by atoms with Crippen molar-refractivity contribution >= 4 is 0 Å². The number of phenolic OH excluding ortho intramolecular Hbond substituents is 1. The van der Waals surface area contributed by atoms with Crippen LogP contribution < -0.4 is 0 Å². The smallest absolute Gasteiger partial charge is 0.133 e. The van der Waals surface area contributed by atoms with E-state index in [9.17, 15) is 5.11 Å². The minimum absolute atomic E-state index is 0.00992. The van der Waals surface area contributed by atoms with Crippen molar-refractivity contribution in [1.82, 2.24) is 14.8 Å². The molecule has 3 rings (SSSR count). The molecule has 2 aromatic heterocycles. The third-order valence-electron chi connectivity index (χ3n) is 4.09. The van der Waals surface area contributed by atoms with Gasteiger partial charge in [-0.3, -0.25) is 9.67 Å². The van der Waals surface area contributed by atoms with Crippen LogP contribution in [0.4, 0.5) is 0 Å². The van der Waals surface area contributed by atoms with E-state index in [0.717, 1.165) is 33.8 Å². The summed E-state index contributed by atoms with van der Waals surface area (Å²) >= 11 is 0. The second-order valence-corrected chi connectivity index (χ2v) is 5.86. The van der Waals surface area contributed by atoms with Gasteiger partial charge in [-0.25, -0.2) is 0 Å². The summed E-state index contributed by atoms with van der Waals surface area (Å²) in [6.45, 7) is 6.55. The molecule has 2 heterocycles. The number of rotatable bonds is 3. The number of aromatic nitrogens is 3. The van der Waals surface area contributed by atoms with E-state index in [2.05, 4.69) is 10.1 Å². The van der Waals surface area contributed by atoms with E-state index in [4.69, 9.17) is 5.26 Å². The molecule has 0 fully saturated rings. The zero-order valence-electron chi connectivity index (χ0n) is 13.9. The number of aromatic hydroxyl groups is 1. The van der Waals surface area contributed by atoms with Crippen molar-refractivity contribution in [2.45, 2.75) is 27.3 Å². The van der Waals surface area contributed by atoms with E-state index in [0.29, 0.717) is 6.54 Å². The number of aryl methyl sites for hydroxylation is 2. The van der Waals surface area contributed by atoms with Crippen LogP contribution in [-0.4, -0.2) is 19.9 Å². The Morgan fingerprint density at radius 3 is 2.58 bits per heavy atom. The molecule has 120 valence electrons. The molecule has 0 aliphatic heterocycles. The maximum absolute atomic E-state index is 9.94. The Hall–Kier alpha value is -3.13. The number of nitriles is 1. The SMILES string of the molecule is Cc1ccc(Cn2nc(C)c(-c3ccc(C#N)c(O)c3)c2C)cn1. The fourth-order valence-electron chi connectivity index (χ4n) is 2.82. The van der Waals surface area contributed by atoms with Crippen LogP contribution in [0, 0.1) is 32.1 Å². The monoisotopic (exact) mass is 318 g/mol. The number of hydrogen-bond donors (Lipinski definition) is 1. The maximum atomic E-state index is 9.94. The highest BCUT2D eigenvalue weighted by Crippen LogP contribution is 2.31. The number of pyridine rings is 1. The van der Waals surface area contributed by atoms with Crippen molar-refractivity contribution in [2.24, 2.45) is 0 Å². The lowest BCUT2D eigenvalue weighted by molar-refractivity contribution is 0.474. The van der Waals surface area contributed by atoms with Crippen molar-refractivity contribution in [2.75, 3.05) is 0 Å². The zero-order valence-corrected chi connectivity index (χ0v) is 13.9. The van der Waals surface area contributed by atoms with E-state index >= 15 is 0 Å². The number of benzene rings is 1. The molecule has 1 aromatic carbocycles. The van der Waals surface area contributed by atoms with Crippen LogP contribution >= 0.6 is 0 Å². The molecule has 1 N–H and O–H groups in total. The van der Waals surface area contributed by atoms with Gasteiger partial charge in [0, 0.05) is 23.1 Å². The van der Waals surface area contributed by atoms with E-state index in [1.54, 1.807) is 12.1 Å². The van der Waals surface area contributed by atoms with Gasteiger partial charge in [0.1, 0.15) is 11.8 Å². The van der Waals surface area contributed by atoms with Gasteiger partial charge < -0.3 is 5.11 Å². The second kappa shape index (κ2) is 6.17. The summed E-state index contributed by atoms with van der Waals surface area (Å²) in [5.41, 5.74) is 6.08. The Kier molecular flexibility index (Phi) is 4.05. The fourth-order valence-corrected chi connectivity index (χ4v) is 2.82. The first kappa shape index (κ1) is 15.8. The highest BCUT2D eigenvalue weighted by molar-refractivity contribution is 5.71. The van der Waals surface area contributed by atoms with Crippen molar-refractivity contribution < 1.29 is 5.11 Å².